The van der Waals surface area contributed by atoms with Crippen molar-refractivity contribution in [1.82, 2.24) is 20.2 Å². The highest BCUT2D eigenvalue weighted by Gasteiger charge is 2.23. The van der Waals surface area contributed by atoms with Gasteiger partial charge in [0.05, 0.1) is 17.9 Å². The summed E-state index contributed by atoms with van der Waals surface area (Å²) in [4.78, 5) is 25.0. The van der Waals surface area contributed by atoms with Crippen LogP contribution in [0.3, 0.4) is 0 Å². The van der Waals surface area contributed by atoms with Gasteiger partial charge in [-0.25, -0.2) is 18.7 Å². The van der Waals surface area contributed by atoms with Crippen molar-refractivity contribution in [2.24, 2.45) is 0 Å². The number of halogens is 1. The molecule has 0 unspecified atom stereocenters. The first kappa shape index (κ1) is 19.6. The van der Waals surface area contributed by atoms with Crippen LogP contribution in [0.25, 0.3) is 15.8 Å². The quantitative estimate of drug-likeness (QED) is 0.435. The van der Waals surface area contributed by atoms with Crippen molar-refractivity contribution in [3.05, 3.63) is 70.6 Å². The summed E-state index contributed by atoms with van der Waals surface area (Å²) < 4.78 is 26.9. The van der Waals surface area contributed by atoms with Crippen LogP contribution >= 0.6 is 11.3 Å². The van der Waals surface area contributed by atoms with Gasteiger partial charge < -0.3 is 9.47 Å². The molecule has 152 valence electrons. The Morgan fingerprint density at radius 1 is 1.10 bits per heavy atom. The zero-order valence-electron chi connectivity index (χ0n) is 15.7. The molecule has 0 aliphatic rings. The average Bonchev–Trinajstić information content (AvgIpc) is 3.41. The third kappa shape index (κ3) is 3.77. The highest BCUT2D eigenvalue weighted by Crippen LogP contribution is 2.34. The summed E-state index contributed by atoms with van der Waals surface area (Å²) in [6.07, 6.45) is 1.43. The predicted molar refractivity (Wildman–Crippen MR) is 106 cm³/mol. The van der Waals surface area contributed by atoms with E-state index in [1.807, 2.05) is 0 Å². The second-order valence-electron chi connectivity index (χ2n) is 6.12. The van der Waals surface area contributed by atoms with Gasteiger partial charge in [0.15, 0.2) is 0 Å². The summed E-state index contributed by atoms with van der Waals surface area (Å²) in [6, 6.07) is 11.0. The van der Waals surface area contributed by atoms with Crippen molar-refractivity contribution in [3.8, 4) is 5.69 Å². The van der Waals surface area contributed by atoms with E-state index >= 15 is 0 Å². The second-order valence-corrected chi connectivity index (χ2v) is 7.17. The zero-order chi connectivity index (χ0) is 21.1. The molecule has 2 aromatic heterocycles. The Bertz CT molecular complexity index is 1210. The molecule has 30 heavy (non-hydrogen) atoms. The summed E-state index contributed by atoms with van der Waals surface area (Å²) in [5.41, 5.74) is 1.27. The molecule has 10 heteroatoms. The van der Waals surface area contributed by atoms with Gasteiger partial charge >= 0.3 is 11.9 Å². The first-order valence-electron chi connectivity index (χ1n) is 8.96. The first-order valence-corrected chi connectivity index (χ1v) is 9.77. The Balaban J connectivity index is 1.57. The number of carbonyl (C=O) groups excluding carboxylic acids is 2. The van der Waals surface area contributed by atoms with E-state index in [0.29, 0.717) is 21.5 Å². The molecule has 0 amide bonds. The molecule has 0 aliphatic carbocycles. The van der Waals surface area contributed by atoms with Crippen molar-refractivity contribution in [3.63, 3.8) is 0 Å². The molecule has 0 saturated heterocycles. The maximum Gasteiger partial charge on any atom is 0.348 e. The lowest BCUT2D eigenvalue weighted by Gasteiger charge is -2.08. The SMILES string of the molecule is CCOC(=O)c1sc2cccc(F)c2c1COC(=O)c1ccc(-n2cnnn2)cc1. The predicted octanol–water partition coefficient (Wildman–Crippen LogP) is 3.55. The van der Waals surface area contributed by atoms with Gasteiger partial charge in [0.25, 0.3) is 0 Å². The van der Waals surface area contributed by atoms with E-state index in [-0.39, 0.29) is 23.5 Å². The fraction of sp³-hybridized carbons (Fsp3) is 0.150. The minimum absolute atomic E-state index is 0.183. The standard InChI is InChI=1S/C20H15FN4O4S/c1-2-28-20(27)18-14(17-15(21)4-3-5-16(17)30-18)10-29-19(26)12-6-8-13(9-7-12)25-11-22-23-24-25/h3-9,11H,2,10H2,1H3. The number of thiophene rings is 1. The maximum absolute atomic E-state index is 14.4. The molecule has 0 radical (unpaired) electrons. The van der Waals surface area contributed by atoms with Gasteiger partial charge in [0.2, 0.25) is 0 Å². The van der Waals surface area contributed by atoms with Crippen molar-refractivity contribution in [2.75, 3.05) is 6.61 Å². The van der Waals surface area contributed by atoms with Gasteiger partial charge in [-0.1, -0.05) is 6.07 Å². The Labute approximate surface area is 173 Å². The van der Waals surface area contributed by atoms with E-state index in [0.717, 1.165) is 11.3 Å². The normalized spacial score (nSPS) is 10.9. The Morgan fingerprint density at radius 2 is 1.90 bits per heavy atom. The Hall–Kier alpha value is -3.66. The molecule has 2 heterocycles. The third-order valence-electron chi connectivity index (χ3n) is 4.29. The Kier molecular flexibility index (Phi) is 5.48. The molecule has 0 bridgehead atoms. The van der Waals surface area contributed by atoms with Gasteiger partial charge in [0.1, 0.15) is 23.6 Å². The van der Waals surface area contributed by atoms with E-state index in [2.05, 4.69) is 15.5 Å². The number of hydrogen-bond acceptors (Lipinski definition) is 8. The van der Waals surface area contributed by atoms with Gasteiger partial charge in [-0.2, -0.15) is 0 Å². The van der Waals surface area contributed by atoms with Crippen molar-refractivity contribution < 1.29 is 23.5 Å². The van der Waals surface area contributed by atoms with Crippen LogP contribution in [0.4, 0.5) is 4.39 Å². The largest absolute Gasteiger partial charge is 0.462 e. The molecule has 0 spiro atoms. The number of ether oxygens (including phenoxy) is 2. The third-order valence-corrected chi connectivity index (χ3v) is 5.47. The van der Waals surface area contributed by atoms with E-state index in [1.165, 1.54) is 17.1 Å². The number of fused-ring (bicyclic) bond motifs is 1. The van der Waals surface area contributed by atoms with Gasteiger partial charge in [-0.3, -0.25) is 0 Å². The molecule has 4 rings (SSSR count). The molecule has 8 nitrogen and oxygen atoms in total. The summed E-state index contributed by atoms with van der Waals surface area (Å²) in [5, 5.41) is 11.1. The minimum atomic E-state index is -0.608. The number of esters is 2. The van der Waals surface area contributed by atoms with Crippen LogP contribution in [0.1, 0.15) is 32.5 Å². The van der Waals surface area contributed by atoms with Crippen molar-refractivity contribution >= 4 is 33.4 Å². The lowest BCUT2D eigenvalue weighted by Crippen LogP contribution is -2.09. The van der Waals surface area contributed by atoms with Crippen LogP contribution in [0.2, 0.25) is 0 Å². The van der Waals surface area contributed by atoms with Gasteiger partial charge in [-0.05, 0) is 53.7 Å². The average molecular weight is 426 g/mol. The number of aromatic nitrogens is 4. The lowest BCUT2D eigenvalue weighted by molar-refractivity contribution is 0.0454. The first-order chi connectivity index (χ1) is 14.6. The smallest absolute Gasteiger partial charge is 0.348 e. The highest BCUT2D eigenvalue weighted by molar-refractivity contribution is 7.21. The monoisotopic (exact) mass is 426 g/mol. The maximum atomic E-state index is 14.4. The fourth-order valence-corrected chi connectivity index (χ4v) is 4.03. The summed E-state index contributed by atoms with van der Waals surface area (Å²) >= 11 is 1.11. The van der Waals surface area contributed by atoms with Gasteiger partial charge in [-0.15, -0.1) is 16.4 Å². The van der Waals surface area contributed by atoms with E-state index in [1.54, 1.807) is 43.3 Å². The summed E-state index contributed by atoms with van der Waals surface area (Å²) in [5.74, 6) is -1.67. The van der Waals surface area contributed by atoms with Crippen molar-refractivity contribution in [1.29, 1.82) is 0 Å². The Morgan fingerprint density at radius 3 is 2.60 bits per heavy atom. The zero-order valence-corrected chi connectivity index (χ0v) is 16.6. The molecule has 0 atom stereocenters. The van der Waals surface area contributed by atoms with E-state index < -0.39 is 17.8 Å². The van der Waals surface area contributed by atoms with Crippen LogP contribution in [0, 0.1) is 5.82 Å². The van der Waals surface area contributed by atoms with Crippen LogP contribution < -0.4 is 0 Å². The van der Waals surface area contributed by atoms with Crippen LogP contribution in [0.5, 0.6) is 0 Å². The minimum Gasteiger partial charge on any atom is -0.462 e. The molecule has 0 fully saturated rings. The number of tetrazole rings is 1. The fourth-order valence-electron chi connectivity index (χ4n) is 2.92. The number of nitrogens with zero attached hydrogens (tertiary/aromatic N) is 4. The van der Waals surface area contributed by atoms with Gasteiger partial charge in [0, 0.05) is 15.6 Å². The number of carbonyl (C=O) groups is 2. The number of benzene rings is 2. The van der Waals surface area contributed by atoms with E-state index in [4.69, 9.17) is 9.47 Å². The highest BCUT2D eigenvalue weighted by atomic mass is 32.1. The van der Waals surface area contributed by atoms with Crippen LogP contribution in [-0.4, -0.2) is 38.8 Å². The molecule has 0 N–H and O–H groups in total. The number of rotatable bonds is 6. The molecule has 2 aromatic carbocycles. The lowest BCUT2D eigenvalue weighted by atomic mass is 10.1. The van der Waals surface area contributed by atoms with Crippen LogP contribution in [0.15, 0.2) is 48.8 Å². The van der Waals surface area contributed by atoms with Crippen molar-refractivity contribution in [2.45, 2.75) is 13.5 Å². The molecular weight excluding hydrogens is 411 g/mol. The molecular formula is C20H15FN4O4S. The molecule has 0 aliphatic heterocycles. The summed E-state index contributed by atoms with van der Waals surface area (Å²) in [6.45, 7) is 1.61. The number of hydrogen-bond donors (Lipinski definition) is 0. The van der Waals surface area contributed by atoms with E-state index in [9.17, 15) is 14.0 Å². The second kappa shape index (κ2) is 8.37. The molecule has 4 aromatic rings. The van der Waals surface area contributed by atoms with Crippen LogP contribution in [-0.2, 0) is 16.1 Å². The summed E-state index contributed by atoms with van der Waals surface area (Å²) in [7, 11) is 0. The topological polar surface area (TPSA) is 96.2 Å². The molecule has 0 saturated carbocycles.